The van der Waals surface area contributed by atoms with Gasteiger partial charge in [0.15, 0.2) is 0 Å². The summed E-state index contributed by atoms with van der Waals surface area (Å²) in [6.07, 6.45) is 4.21. The predicted octanol–water partition coefficient (Wildman–Crippen LogP) is 3.09. The quantitative estimate of drug-likeness (QED) is 0.767. The van der Waals surface area contributed by atoms with E-state index >= 15 is 0 Å². The molecule has 3 amide bonds. The van der Waals surface area contributed by atoms with Crippen LogP contribution >= 0.6 is 0 Å². The SMILES string of the molecule is CCC(CN1C(=O)CCN(Cc2ccncc2)C1=O)Oc1ccccc1. The monoisotopic (exact) mass is 353 g/mol. The number of nitrogens with zero attached hydrogens (tertiary/aromatic N) is 3. The molecule has 1 aliphatic heterocycles. The van der Waals surface area contributed by atoms with Gasteiger partial charge in [-0.2, -0.15) is 0 Å². The lowest BCUT2D eigenvalue weighted by Crippen LogP contribution is -2.54. The lowest BCUT2D eigenvalue weighted by molar-refractivity contribution is -0.132. The smallest absolute Gasteiger partial charge is 0.327 e. The number of para-hydroxylation sites is 1. The highest BCUT2D eigenvalue weighted by Gasteiger charge is 2.33. The first-order valence-corrected chi connectivity index (χ1v) is 8.87. The Morgan fingerprint density at radius 3 is 2.54 bits per heavy atom. The summed E-state index contributed by atoms with van der Waals surface area (Å²) in [6, 6.07) is 13.0. The molecule has 1 aromatic carbocycles. The van der Waals surface area contributed by atoms with Crippen molar-refractivity contribution >= 4 is 11.9 Å². The lowest BCUT2D eigenvalue weighted by atomic mass is 10.2. The number of benzene rings is 1. The third kappa shape index (κ3) is 4.39. The Bertz CT molecular complexity index is 736. The van der Waals surface area contributed by atoms with Crippen molar-refractivity contribution < 1.29 is 14.3 Å². The van der Waals surface area contributed by atoms with Crippen molar-refractivity contribution in [2.75, 3.05) is 13.1 Å². The molecule has 2 heterocycles. The van der Waals surface area contributed by atoms with Crippen molar-refractivity contribution in [2.24, 2.45) is 0 Å². The van der Waals surface area contributed by atoms with E-state index in [-0.39, 0.29) is 24.6 Å². The van der Waals surface area contributed by atoms with Gasteiger partial charge in [-0.05, 0) is 36.2 Å². The van der Waals surface area contributed by atoms with Crippen LogP contribution in [0.15, 0.2) is 54.9 Å². The fraction of sp³-hybridized carbons (Fsp3) is 0.350. The molecular formula is C20H23N3O3. The molecular weight excluding hydrogens is 330 g/mol. The van der Waals surface area contributed by atoms with Gasteiger partial charge in [-0.25, -0.2) is 4.79 Å². The van der Waals surface area contributed by atoms with Gasteiger partial charge >= 0.3 is 6.03 Å². The van der Waals surface area contributed by atoms with E-state index in [0.29, 0.717) is 25.9 Å². The van der Waals surface area contributed by atoms with Crippen molar-refractivity contribution in [3.05, 3.63) is 60.4 Å². The van der Waals surface area contributed by atoms with Crippen LogP contribution in [0.1, 0.15) is 25.3 Å². The Morgan fingerprint density at radius 1 is 1.12 bits per heavy atom. The number of hydrogen-bond donors (Lipinski definition) is 0. The van der Waals surface area contributed by atoms with E-state index in [1.54, 1.807) is 17.3 Å². The van der Waals surface area contributed by atoms with Crippen LogP contribution in [0.2, 0.25) is 0 Å². The van der Waals surface area contributed by atoms with Gasteiger partial charge in [0.1, 0.15) is 11.9 Å². The highest BCUT2D eigenvalue weighted by atomic mass is 16.5. The summed E-state index contributed by atoms with van der Waals surface area (Å²) >= 11 is 0. The Morgan fingerprint density at radius 2 is 1.85 bits per heavy atom. The van der Waals surface area contributed by atoms with Crippen LogP contribution < -0.4 is 4.74 Å². The molecule has 1 aliphatic rings. The number of imide groups is 1. The fourth-order valence-corrected chi connectivity index (χ4v) is 2.92. The number of aromatic nitrogens is 1. The van der Waals surface area contributed by atoms with Gasteiger partial charge in [-0.1, -0.05) is 25.1 Å². The average Bonchev–Trinajstić information content (AvgIpc) is 2.68. The topological polar surface area (TPSA) is 62.7 Å². The molecule has 0 bridgehead atoms. The number of pyridine rings is 1. The van der Waals surface area contributed by atoms with Crippen molar-refractivity contribution in [3.63, 3.8) is 0 Å². The number of urea groups is 1. The van der Waals surface area contributed by atoms with Crippen molar-refractivity contribution in [1.82, 2.24) is 14.8 Å². The molecule has 0 aliphatic carbocycles. The third-order valence-electron chi connectivity index (χ3n) is 4.41. The highest BCUT2D eigenvalue weighted by Crippen LogP contribution is 2.18. The maximum Gasteiger partial charge on any atom is 0.327 e. The molecule has 0 saturated carbocycles. The van der Waals surface area contributed by atoms with E-state index in [9.17, 15) is 9.59 Å². The summed E-state index contributed by atoms with van der Waals surface area (Å²) in [6.45, 7) is 3.16. The predicted molar refractivity (Wildman–Crippen MR) is 97.5 cm³/mol. The minimum atomic E-state index is -0.256. The maximum atomic E-state index is 12.8. The van der Waals surface area contributed by atoms with Crippen LogP contribution in [-0.2, 0) is 11.3 Å². The Kier molecular flexibility index (Phi) is 5.84. The van der Waals surface area contributed by atoms with Crippen molar-refractivity contribution in [1.29, 1.82) is 0 Å². The van der Waals surface area contributed by atoms with Crippen LogP contribution in [0, 0.1) is 0 Å². The summed E-state index contributed by atoms with van der Waals surface area (Å²) in [7, 11) is 0. The average molecular weight is 353 g/mol. The second-order valence-corrected chi connectivity index (χ2v) is 6.28. The van der Waals surface area contributed by atoms with Crippen LogP contribution in [0.3, 0.4) is 0 Å². The van der Waals surface area contributed by atoms with Gasteiger partial charge in [-0.3, -0.25) is 14.7 Å². The number of ether oxygens (including phenoxy) is 1. The Labute approximate surface area is 153 Å². The Balaban J connectivity index is 1.66. The van der Waals surface area contributed by atoms with E-state index < -0.39 is 0 Å². The van der Waals surface area contributed by atoms with Gasteiger partial charge in [0.2, 0.25) is 5.91 Å². The first-order valence-electron chi connectivity index (χ1n) is 8.87. The van der Waals surface area contributed by atoms with Crippen molar-refractivity contribution in [3.8, 4) is 5.75 Å². The molecule has 1 unspecified atom stereocenters. The summed E-state index contributed by atoms with van der Waals surface area (Å²) in [5.41, 5.74) is 0.996. The molecule has 2 aromatic rings. The van der Waals surface area contributed by atoms with Gasteiger partial charge in [0.05, 0.1) is 6.54 Å². The fourth-order valence-electron chi connectivity index (χ4n) is 2.92. The molecule has 1 fully saturated rings. The number of hydrogen-bond acceptors (Lipinski definition) is 4. The first-order chi connectivity index (χ1) is 12.7. The normalized spacial score (nSPS) is 15.9. The van der Waals surface area contributed by atoms with E-state index in [2.05, 4.69) is 4.98 Å². The molecule has 0 radical (unpaired) electrons. The molecule has 3 rings (SSSR count). The Hall–Kier alpha value is -2.89. The molecule has 1 aromatic heterocycles. The summed E-state index contributed by atoms with van der Waals surface area (Å²) in [4.78, 5) is 32.1. The summed E-state index contributed by atoms with van der Waals surface area (Å²) < 4.78 is 5.94. The molecule has 0 N–H and O–H groups in total. The molecule has 136 valence electrons. The van der Waals surface area contributed by atoms with Crippen LogP contribution in [-0.4, -0.2) is 45.9 Å². The standard InChI is InChI=1S/C20H23N3O3/c1-2-17(26-18-6-4-3-5-7-18)15-23-19(24)10-13-22(20(23)25)14-16-8-11-21-12-9-16/h3-9,11-12,17H,2,10,13-15H2,1H3. The van der Waals surface area contributed by atoms with E-state index in [1.807, 2.05) is 49.4 Å². The number of rotatable bonds is 7. The minimum absolute atomic E-state index is 0.143. The number of amides is 3. The van der Waals surface area contributed by atoms with Gasteiger partial charge in [-0.15, -0.1) is 0 Å². The minimum Gasteiger partial charge on any atom is -0.489 e. The number of carbonyl (C=O) groups excluding carboxylic acids is 2. The van der Waals surface area contributed by atoms with Crippen LogP contribution in [0.4, 0.5) is 4.79 Å². The molecule has 26 heavy (non-hydrogen) atoms. The summed E-state index contributed by atoms with van der Waals surface area (Å²) in [5, 5.41) is 0. The zero-order valence-electron chi connectivity index (χ0n) is 14.9. The first kappa shape index (κ1) is 17.9. The van der Waals surface area contributed by atoms with Gasteiger partial charge < -0.3 is 9.64 Å². The second kappa shape index (κ2) is 8.47. The van der Waals surface area contributed by atoms with Crippen LogP contribution in [0.5, 0.6) is 5.75 Å². The maximum absolute atomic E-state index is 12.8. The van der Waals surface area contributed by atoms with Gasteiger partial charge in [0.25, 0.3) is 0 Å². The zero-order valence-corrected chi connectivity index (χ0v) is 14.9. The second-order valence-electron chi connectivity index (χ2n) is 6.28. The molecule has 6 heteroatoms. The van der Waals surface area contributed by atoms with Crippen LogP contribution in [0.25, 0.3) is 0 Å². The van der Waals surface area contributed by atoms with Gasteiger partial charge in [0, 0.05) is 31.9 Å². The van der Waals surface area contributed by atoms with E-state index in [0.717, 1.165) is 11.3 Å². The number of carbonyl (C=O) groups is 2. The molecule has 1 atom stereocenters. The largest absolute Gasteiger partial charge is 0.489 e. The highest BCUT2D eigenvalue weighted by molar-refractivity contribution is 5.96. The lowest BCUT2D eigenvalue weighted by Gasteiger charge is -2.35. The third-order valence-corrected chi connectivity index (χ3v) is 4.41. The van der Waals surface area contributed by atoms with Crippen molar-refractivity contribution in [2.45, 2.75) is 32.4 Å². The zero-order chi connectivity index (χ0) is 18.4. The molecule has 0 spiro atoms. The van der Waals surface area contributed by atoms with E-state index in [1.165, 1.54) is 4.90 Å². The molecule has 1 saturated heterocycles. The molecule has 6 nitrogen and oxygen atoms in total. The van der Waals surface area contributed by atoms with E-state index in [4.69, 9.17) is 4.74 Å². The summed E-state index contributed by atoms with van der Waals surface area (Å²) in [5.74, 6) is 0.598.